The van der Waals surface area contributed by atoms with Crippen molar-refractivity contribution < 1.29 is 14.1 Å². The Morgan fingerprint density at radius 3 is 2.60 bits per heavy atom. The maximum Gasteiger partial charge on any atom is 0.271 e. The number of hydrogen-bond acceptors (Lipinski definition) is 4. The number of nitro benzene ring substituents is 1. The van der Waals surface area contributed by atoms with Gasteiger partial charge in [0.05, 0.1) is 4.92 Å². The van der Waals surface area contributed by atoms with E-state index in [0.717, 1.165) is 21.9 Å². The Morgan fingerprint density at radius 1 is 0.933 bits per heavy atom. The van der Waals surface area contributed by atoms with E-state index in [1.165, 1.54) is 24.3 Å². The van der Waals surface area contributed by atoms with Crippen LogP contribution in [0.1, 0.15) is 11.1 Å². The van der Waals surface area contributed by atoms with Gasteiger partial charge in [-0.15, -0.1) is 0 Å². The number of benzene rings is 4. The third-order valence-electron chi connectivity index (χ3n) is 4.81. The van der Waals surface area contributed by atoms with Crippen LogP contribution in [-0.4, -0.2) is 4.92 Å². The molecule has 0 unspecified atom stereocenters. The molecule has 0 radical (unpaired) electrons. The minimum absolute atomic E-state index is 0.0282. The van der Waals surface area contributed by atoms with Crippen LogP contribution in [-0.2, 0) is 13.2 Å². The molecule has 0 aliphatic carbocycles. The van der Waals surface area contributed by atoms with Crippen LogP contribution in [0.4, 0.5) is 15.8 Å². The smallest absolute Gasteiger partial charge is 0.271 e. The summed E-state index contributed by atoms with van der Waals surface area (Å²) in [6, 6.07) is 24.5. The summed E-state index contributed by atoms with van der Waals surface area (Å²) in [4.78, 5) is 10.6. The number of nitro groups is 1. The highest BCUT2D eigenvalue weighted by molar-refractivity contribution is 5.88. The quantitative estimate of drug-likeness (QED) is 0.301. The molecule has 4 aromatic rings. The average molecular weight is 402 g/mol. The summed E-state index contributed by atoms with van der Waals surface area (Å²) in [6.07, 6.45) is 0. The van der Waals surface area contributed by atoms with Crippen LogP contribution in [0.15, 0.2) is 84.9 Å². The van der Waals surface area contributed by atoms with Crippen molar-refractivity contribution in [3.63, 3.8) is 0 Å². The van der Waals surface area contributed by atoms with Gasteiger partial charge in [0.1, 0.15) is 18.2 Å². The summed E-state index contributed by atoms with van der Waals surface area (Å²) < 4.78 is 19.5. The fourth-order valence-corrected chi connectivity index (χ4v) is 3.34. The van der Waals surface area contributed by atoms with Gasteiger partial charge in [0.2, 0.25) is 0 Å². The van der Waals surface area contributed by atoms with Crippen molar-refractivity contribution in [1.82, 2.24) is 0 Å². The first-order valence-corrected chi connectivity index (χ1v) is 9.46. The van der Waals surface area contributed by atoms with E-state index >= 15 is 0 Å². The molecule has 6 heteroatoms. The molecule has 30 heavy (non-hydrogen) atoms. The van der Waals surface area contributed by atoms with Gasteiger partial charge in [0.15, 0.2) is 0 Å². The van der Waals surface area contributed by atoms with Gasteiger partial charge in [-0.2, -0.15) is 0 Å². The Bertz CT molecular complexity index is 1210. The molecule has 0 fully saturated rings. The summed E-state index contributed by atoms with van der Waals surface area (Å²) in [7, 11) is 0. The van der Waals surface area contributed by atoms with E-state index in [9.17, 15) is 14.5 Å². The van der Waals surface area contributed by atoms with E-state index in [1.54, 1.807) is 18.2 Å². The van der Waals surface area contributed by atoms with Crippen molar-refractivity contribution in [3.8, 4) is 5.75 Å². The number of nitrogens with one attached hydrogen (secondary N) is 1. The number of fused-ring (bicyclic) bond motifs is 1. The molecule has 0 aliphatic heterocycles. The number of halogens is 1. The molecule has 0 heterocycles. The second kappa shape index (κ2) is 8.61. The highest BCUT2D eigenvalue weighted by Crippen LogP contribution is 2.30. The first-order chi connectivity index (χ1) is 14.6. The second-order valence-corrected chi connectivity index (χ2v) is 6.84. The lowest BCUT2D eigenvalue weighted by atomic mass is 10.0. The Kier molecular flexibility index (Phi) is 5.57. The molecule has 4 rings (SSSR count). The van der Waals surface area contributed by atoms with E-state index in [-0.39, 0.29) is 18.1 Å². The average Bonchev–Trinajstić information content (AvgIpc) is 2.76. The summed E-state index contributed by atoms with van der Waals surface area (Å²) in [5.74, 6) is 0.373. The van der Waals surface area contributed by atoms with Crippen LogP contribution in [0.2, 0.25) is 0 Å². The topological polar surface area (TPSA) is 64.4 Å². The van der Waals surface area contributed by atoms with Gasteiger partial charge < -0.3 is 10.1 Å². The Morgan fingerprint density at radius 2 is 1.77 bits per heavy atom. The molecule has 0 bridgehead atoms. The lowest BCUT2D eigenvalue weighted by molar-refractivity contribution is -0.384. The number of hydrogen-bond donors (Lipinski definition) is 1. The lowest BCUT2D eigenvalue weighted by Crippen LogP contribution is -2.05. The standard InChI is InChI=1S/C24H19FN2O3/c25-19-7-3-5-17(13-19)16-30-24-12-11-18-6-1-2-10-22(18)23(24)15-26-20-8-4-9-21(14-20)27(28)29/h1-14,26H,15-16H2. The molecule has 0 atom stereocenters. The maximum absolute atomic E-state index is 13.5. The van der Waals surface area contributed by atoms with Crippen LogP contribution < -0.4 is 10.1 Å². The molecule has 0 amide bonds. The number of nitrogens with zero attached hydrogens (tertiary/aromatic N) is 1. The molecule has 4 aromatic carbocycles. The normalized spacial score (nSPS) is 10.7. The molecule has 0 saturated heterocycles. The third kappa shape index (κ3) is 4.38. The number of rotatable bonds is 7. The largest absolute Gasteiger partial charge is 0.489 e. The van der Waals surface area contributed by atoms with Gasteiger partial charge in [-0.05, 0) is 40.6 Å². The zero-order chi connectivity index (χ0) is 20.9. The van der Waals surface area contributed by atoms with Crippen molar-refractivity contribution in [2.75, 3.05) is 5.32 Å². The highest BCUT2D eigenvalue weighted by Gasteiger charge is 2.11. The third-order valence-corrected chi connectivity index (χ3v) is 4.81. The van der Waals surface area contributed by atoms with Gasteiger partial charge in [-0.1, -0.05) is 48.5 Å². The first kappa shape index (κ1) is 19.4. The summed E-state index contributed by atoms with van der Waals surface area (Å²) in [5.41, 5.74) is 2.34. The van der Waals surface area contributed by atoms with Crippen molar-refractivity contribution in [1.29, 1.82) is 0 Å². The zero-order valence-corrected chi connectivity index (χ0v) is 16.0. The van der Waals surface area contributed by atoms with Crippen LogP contribution in [0.25, 0.3) is 10.8 Å². The molecule has 5 nitrogen and oxygen atoms in total. The number of anilines is 1. The number of ether oxygens (including phenoxy) is 1. The fraction of sp³-hybridized carbons (Fsp3) is 0.0833. The van der Waals surface area contributed by atoms with Gasteiger partial charge in [-0.25, -0.2) is 4.39 Å². The SMILES string of the molecule is O=[N+]([O-])c1cccc(NCc2c(OCc3cccc(F)c3)ccc3ccccc23)c1. The second-order valence-electron chi connectivity index (χ2n) is 6.84. The minimum Gasteiger partial charge on any atom is -0.489 e. The molecule has 0 aromatic heterocycles. The Balaban J connectivity index is 1.62. The van der Waals surface area contributed by atoms with Gasteiger partial charge >= 0.3 is 0 Å². The van der Waals surface area contributed by atoms with Crippen LogP contribution >= 0.6 is 0 Å². The predicted octanol–water partition coefficient (Wildman–Crippen LogP) is 6.08. The minimum atomic E-state index is -0.420. The van der Waals surface area contributed by atoms with E-state index in [2.05, 4.69) is 5.32 Å². The van der Waals surface area contributed by atoms with Gasteiger partial charge in [0.25, 0.3) is 5.69 Å². The van der Waals surface area contributed by atoms with E-state index < -0.39 is 4.92 Å². The van der Waals surface area contributed by atoms with Crippen LogP contribution in [0, 0.1) is 15.9 Å². The molecular formula is C24H19FN2O3. The Hall–Kier alpha value is -3.93. The van der Waals surface area contributed by atoms with Crippen molar-refractivity contribution in [2.24, 2.45) is 0 Å². The summed E-state index contributed by atoms with van der Waals surface area (Å²) in [5, 5.41) is 16.4. The van der Waals surface area contributed by atoms with Crippen molar-refractivity contribution in [3.05, 3.63) is 112 Å². The highest BCUT2D eigenvalue weighted by atomic mass is 19.1. The van der Waals surface area contributed by atoms with Crippen LogP contribution in [0.5, 0.6) is 5.75 Å². The molecule has 0 aliphatic rings. The van der Waals surface area contributed by atoms with Crippen LogP contribution in [0.3, 0.4) is 0 Å². The van der Waals surface area contributed by atoms with Gasteiger partial charge in [0, 0.05) is 29.9 Å². The molecular weight excluding hydrogens is 383 g/mol. The molecule has 1 N–H and O–H groups in total. The number of non-ortho nitro benzene ring substituents is 1. The predicted molar refractivity (Wildman–Crippen MR) is 115 cm³/mol. The monoisotopic (exact) mass is 402 g/mol. The maximum atomic E-state index is 13.5. The van der Waals surface area contributed by atoms with Crippen molar-refractivity contribution >= 4 is 22.1 Å². The molecule has 0 spiro atoms. The summed E-state index contributed by atoms with van der Waals surface area (Å²) in [6.45, 7) is 0.654. The molecule has 150 valence electrons. The lowest BCUT2D eigenvalue weighted by Gasteiger charge is -2.16. The zero-order valence-electron chi connectivity index (χ0n) is 16.0. The van der Waals surface area contributed by atoms with Crippen molar-refractivity contribution in [2.45, 2.75) is 13.2 Å². The molecule has 0 saturated carbocycles. The van der Waals surface area contributed by atoms with E-state index in [4.69, 9.17) is 4.74 Å². The Labute approximate surface area is 172 Å². The van der Waals surface area contributed by atoms with E-state index in [1.807, 2.05) is 42.5 Å². The summed E-state index contributed by atoms with van der Waals surface area (Å²) >= 11 is 0. The fourth-order valence-electron chi connectivity index (χ4n) is 3.34. The van der Waals surface area contributed by atoms with Gasteiger partial charge in [-0.3, -0.25) is 10.1 Å². The van der Waals surface area contributed by atoms with E-state index in [0.29, 0.717) is 18.0 Å². The first-order valence-electron chi connectivity index (χ1n) is 9.46.